The van der Waals surface area contributed by atoms with Gasteiger partial charge in [-0.2, -0.15) is 0 Å². The van der Waals surface area contributed by atoms with Crippen molar-refractivity contribution < 1.29 is 0 Å². The highest BCUT2D eigenvalue weighted by molar-refractivity contribution is 5.77. The predicted octanol–water partition coefficient (Wildman–Crippen LogP) is 10.1. The average Bonchev–Trinajstić information content (AvgIpc) is 3.39. The molecule has 1 aromatic heterocycles. The highest BCUT2D eigenvalue weighted by Crippen LogP contribution is 2.29. The second-order valence-electron chi connectivity index (χ2n) is 10.5. The summed E-state index contributed by atoms with van der Waals surface area (Å²) >= 11 is 0. The van der Waals surface area contributed by atoms with E-state index in [1.165, 1.54) is 22.3 Å². The lowest BCUT2D eigenvalue weighted by Gasteiger charge is -2.10. The molecule has 0 amide bonds. The van der Waals surface area contributed by atoms with Crippen molar-refractivity contribution in [2.24, 2.45) is 0 Å². The summed E-state index contributed by atoms with van der Waals surface area (Å²) in [7, 11) is 0. The minimum absolute atomic E-state index is 0.649. The first-order valence-electron chi connectivity index (χ1n) is 14.5. The van der Waals surface area contributed by atoms with Crippen molar-refractivity contribution in [3.05, 3.63) is 169 Å². The van der Waals surface area contributed by atoms with Crippen LogP contribution >= 0.6 is 0 Å². The molecule has 3 heteroatoms. The molecular formula is C40H29N3. The van der Waals surface area contributed by atoms with Crippen LogP contribution in [0, 0.1) is 0 Å². The van der Waals surface area contributed by atoms with Gasteiger partial charge in [-0.15, -0.1) is 0 Å². The largest absolute Gasteiger partial charge is 0.208 e. The number of benzene rings is 5. The van der Waals surface area contributed by atoms with Crippen molar-refractivity contribution >= 4 is 5.57 Å². The lowest BCUT2D eigenvalue weighted by atomic mass is 10.0. The molecule has 43 heavy (non-hydrogen) atoms. The Morgan fingerprint density at radius 1 is 0.349 bits per heavy atom. The molecule has 0 unspecified atom stereocenters. The molecule has 5 aromatic carbocycles. The molecule has 0 saturated carbocycles. The molecule has 0 radical (unpaired) electrons. The van der Waals surface area contributed by atoms with Gasteiger partial charge >= 0.3 is 0 Å². The molecule has 1 aliphatic carbocycles. The number of hydrogen-bond donors (Lipinski definition) is 0. The Morgan fingerprint density at radius 3 is 1.16 bits per heavy atom. The zero-order chi connectivity index (χ0) is 28.8. The van der Waals surface area contributed by atoms with Crippen LogP contribution in [-0.4, -0.2) is 15.0 Å². The maximum Gasteiger partial charge on any atom is 0.164 e. The number of rotatable bonds is 6. The number of hydrogen-bond acceptors (Lipinski definition) is 3. The van der Waals surface area contributed by atoms with Gasteiger partial charge in [0, 0.05) is 16.7 Å². The van der Waals surface area contributed by atoms with E-state index >= 15 is 0 Å². The summed E-state index contributed by atoms with van der Waals surface area (Å²) in [5.74, 6) is 1.95. The fourth-order valence-corrected chi connectivity index (χ4v) is 5.25. The highest BCUT2D eigenvalue weighted by atomic mass is 15.0. The number of allylic oxidation sites excluding steroid dienone is 6. The third-order valence-electron chi connectivity index (χ3n) is 7.61. The lowest BCUT2D eigenvalue weighted by molar-refractivity contribution is 1.07. The number of aromatic nitrogens is 3. The zero-order valence-corrected chi connectivity index (χ0v) is 23.6. The molecule has 0 atom stereocenters. The minimum Gasteiger partial charge on any atom is -0.208 e. The Balaban J connectivity index is 1.27. The summed E-state index contributed by atoms with van der Waals surface area (Å²) in [6.07, 6.45) is 11.6. The maximum atomic E-state index is 4.96. The predicted molar refractivity (Wildman–Crippen MR) is 178 cm³/mol. The molecule has 0 bridgehead atoms. The SMILES string of the molecule is C1=CCC=C(c2ccc(-c3nc(-c4ccc(-c5ccccc5)cc4)nc(-c4ccc(-c5ccccc5)cc4)n3)cc2)C=C1. The molecular weight excluding hydrogens is 522 g/mol. The first kappa shape index (κ1) is 26.2. The Morgan fingerprint density at radius 2 is 0.721 bits per heavy atom. The van der Waals surface area contributed by atoms with Crippen LogP contribution in [-0.2, 0) is 0 Å². The topological polar surface area (TPSA) is 38.7 Å². The van der Waals surface area contributed by atoms with Crippen molar-refractivity contribution in [3.8, 4) is 56.4 Å². The van der Waals surface area contributed by atoms with Gasteiger partial charge in [-0.3, -0.25) is 0 Å². The van der Waals surface area contributed by atoms with E-state index in [0.717, 1.165) is 34.2 Å². The van der Waals surface area contributed by atoms with E-state index in [1.807, 2.05) is 12.1 Å². The van der Waals surface area contributed by atoms with Gasteiger partial charge in [0.15, 0.2) is 17.5 Å². The molecule has 0 aliphatic heterocycles. The van der Waals surface area contributed by atoms with Crippen molar-refractivity contribution in [2.45, 2.75) is 6.42 Å². The second kappa shape index (κ2) is 12.1. The zero-order valence-electron chi connectivity index (χ0n) is 23.6. The fraction of sp³-hybridized carbons (Fsp3) is 0.0250. The monoisotopic (exact) mass is 551 g/mol. The van der Waals surface area contributed by atoms with Crippen molar-refractivity contribution in [1.29, 1.82) is 0 Å². The summed E-state index contributed by atoms with van der Waals surface area (Å²) in [4.78, 5) is 14.9. The number of nitrogens with zero attached hydrogens (tertiary/aromatic N) is 3. The second-order valence-corrected chi connectivity index (χ2v) is 10.5. The summed E-state index contributed by atoms with van der Waals surface area (Å²) in [6.45, 7) is 0. The quantitative estimate of drug-likeness (QED) is 0.207. The van der Waals surface area contributed by atoms with Gasteiger partial charge in [0.1, 0.15) is 0 Å². The minimum atomic E-state index is 0.649. The summed E-state index contributed by atoms with van der Waals surface area (Å²) in [5.41, 5.74) is 9.90. The van der Waals surface area contributed by atoms with Crippen LogP contribution in [0.3, 0.4) is 0 Å². The van der Waals surface area contributed by atoms with Crippen LogP contribution in [0.4, 0.5) is 0 Å². The van der Waals surface area contributed by atoms with Crippen LogP contribution in [0.15, 0.2) is 164 Å². The highest BCUT2D eigenvalue weighted by Gasteiger charge is 2.13. The Bertz CT molecular complexity index is 1830. The van der Waals surface area contributed by atoms with Crippen LogP contribution in [0.2, 0.25) is 0 Å². The summed E-state index contributed by atoms with van der Waals surface area (Å²) in [5, 5.41) is 0. The molecule has 0 spiro atoms. The standard InChI is InChI=1S/C40H29N3/c1-2-6-12-29(11-5-1)32-17-23-35(24-18-32)38-41-39(36-25-19-33(20-26-36)30-13-7-3-8-14-30)43-40(42-38)37-27-21-34(22-28-37)31-15-9-4-10-16-31/h1-5,7-28H,6H2. The van der Waals surface area contributed by atoms with Gasteiger partial charge in [-0.05, 0) is 39.8 Å². The smallest absolute Gasteiger partial charge is 0.164 e. The van der Waals surface area contributed by atoms with Crippen LogP contribution in [0.25, 0.3) is 62.0 Å². The Labute approximate surface area is 252 Å². The molecule has 6 aromatic rings. The van der Waals surface area contributed by atoms with Crippen molar-refractivity contribution in [1.82, 2.24) is 15.0 Å². The third-order valence-corrected chi connectivity index (χ3v) is 7.61. The molecule has 3 nitrogen and oxygen atoms in total. The van der Waals surface area contributed by atoms with E-state index in [1.54, 1.807) is 0 Å². The molecule has 0 N–H and O–H groups in total. The van der Waals surface area contributed by atoms with Crippen LogP contribution < -0.4 is 0 Å². The third kappa shape index (κ3) is 5.88. The van der Waals surface area contributed by atoms with E-state index in [9.17, 15) is 0 Å². The van der Waals surface area contributed by atoms with Crippen LogP contribution in [0.1, 0.15) is 12.0 Å². The molecule has 1 heterocycles. The molecule has 7 rings (SSSR count). The molecule has 0 saturated heterocycles. The van der Waals surface area contributed by atoms with Crippen molar-refractivity contribution in [2.75, 3.05) is 0 Å². The first-order valence-corrected chi connectivity index (χ1v) is 14.5. The fourth-order valence-electron chi connectivity index (χ4n) is 5.25. The summed E-state index contributed by atoms with van der Waals surface area (Å²) < 4.78 is 0. The van der Waals surface area contributed by atoms with E-state index < -0.39 is 0 Å². The Kier molecular flexibility index (Phi) is 7.36. The van der Waals surface area contributed by atoms with Crippen LogP contribution in [0.5, 0.6) is 0 Å². The normalized spacial score (nSPS) is 12.5. The van der Waals surface area contributed by atoms with Crippen molar-refractivity contribution in [3.63, 3.8) is 0 Å². The van der Waals surface area contributed by atoms with E-state index in [2.05, 4.69) is 152 Å². The van der Waals surface area contributed by atoms with Gasteiger partial charge in [-0.25, -0.2) is 15.0 Å². The average molecular weight is 552 g/mol. The van der Waals surface area contributed by atoms with E-state index in [4.69, 9.17) is 15.0 Å². The Hall–Kier alpha value is -5.67. The van der Waals surface area contributed by atoms with Gasteiger partial charge in [0.2, 0.25) is 0 Å². The van der Waals surface area contributed by atoms with Gasteiger partial charge in [-0.1, -0.05) is 164 Å². The summed E-state index contributed by atoms with van der Waals surface area (Å²) in [6, 6.07) is 46.1. The van der Waals surface area contributed by atoms with Gasteiger partial charge in [0.25, 0.3) is 0 Å². The maximum absolute atomic E-state index is 4.96. The molecule has 204 valence electrons. The van der Waals surface area contributed by atoms with E-state index in [-0.39, 0.29) is 0 Å². The molecule has 0 fully saturated rings. The van der Waals surface area contributed by atoms with E-state index in [0.29, 0.717) is 17.5 Å². The van der Waals surface area contributed by atoms with Gasteiger partial charge < -0.3 is 0 Å². The first-order chi connectivity index (χ1) is 21.3. The van der Waals surface area contributed by atoms with Gasteiger partial charge in [0.05, 0.1) is 0 Å². The molecule has 1 aliphatic rings. The lowest BCUT2D eigenvalue weighted by Crippen LogP contribution is -2.00.